The number of imidazole rings is 1. The number of benzene rings is 2. The molecule has 0 atom stereocenters. The fourth-order valence-electron chi connectivity index (χ4n) is 3.28. The first-order chi connectivity index (χ1) is 13.7. The van der Waals surface area contributed by atoms with Crippen molar-refractivity contribution in [2.45, 2.75) is 11.8 Å². The molecule has 29 heavy (non-hydrogen) atoms. The van der Waals surface area contributed by atoms with Gasteiger partial charge in [-0.1, -0.05) is 19.1 Å². The molecule has 1 heterocycles. The van der Waals surface area contributed by atoms with Crippen LogP contribution >= 0.6 is 0 Å². The van der Waals surface area contributed by atoms with Crippen LogP contribution in [0.5, 0.6) is 5.75 Å². The van der Waals surface area contributed by atoms with Crippen LogP contribution in [0, 0.1) is 0 Å². The summed E-state index contributed by atoms with van der Waals surface area (Å²) in [5.74, 6) is 0.0349. The molecular weight excluding hydrogens is 394 g/mol. The number of hydrogen-bond donors (Lipinski definition) is 0. The van der Waals surface area contributed by atoms with Crippen LogP contribution in [0.4, 0.5) is 0 Å². The highest BCUT2D eigenvalue weighted by atomic mass is 32.2. The normalized spacial score (nSPS) is 11.9. The number of Topliss-reactive ketones (excluding diaryl/α,β-unsaturated/α-hetero) is 1. The standard InChI is InChI=1S/C20H23N3O5S/c1-5-23(13-18(24)15-8-6-7-9-19(15)28-4)29(26,27)14-10-11-16-17(12-14)22(3)20(25)21(16)2/h6-12H,5,13H2,1-4H3. The molecule has 0 saturated heterocycles. The molecule has 0 unspecified atom stereocenters. The quantitative estimate of drug-likeness (QED) is 0.547. The highest BCUT2D eigenvalue weighted by Crippen LogP contribution is 2.23. The highest BCUT2D eigenvalue weighted by Gasteiger charge is 2.27. The molecule has 154 valence electrons. The molecule has 0 bridgehead atoms. The van der Waals surface area contributed by atoms with Gasteiger partial charge in [0.15, 0.2) is 5.78 Å². The minimum Gasteiger partial charge on any atom is -0.496 e. The maximum atomic E-state index is 13.2. The van der Waals surface area contributed by atoms with E-state index >= 15 is 0 Å². The third-order valence-electron chi connectivity index (χ3n) is 4.96. The SMILES string of the molecule is CCN(CC(=O)c1ccccc1OC)S(=O)(=O)c1ccc2c(c1)n(C)c(=O)n2C. The Labute approximate surface area is 169 Å². The number of methoxy groups -OCH3 is 1. The molecule has 0 fully saturated rings. The average Bonchev–Trinajstić information content (AvgIpc) is 2.95. The summed E-state index contributed by atoms with van der Waals surface area (Å²) in [6.45, 7) is 1.48. The molecular formula is C20H23N3O5S. The van der Waals surface area contributed by atoms with Gasteiger partial charge in [0.05, 0.1) is 35.1 Å². The molecule has 0 aliphatic heterocycles. The van der Waals surface area contributed by atoms with Gasteiger partial charge in [-0.2, -0.15) is 4.31 Å². The topological polar surface area (TPSA) is 90.6 Å². The Morgan fingerprint density at radius 2 is 1.72 bits per heavy atom. The van der Waals surface area contributed by atoms with E-state index in [2.05, 4.69) is 0 Å². The van der Waals surface area contributed by atoms with Gasteiger partial charge in [-0.25, -0.2) is 13.2 Å². The van der Waals surface area contributed by atoms with Crippen molar-refractivity contribution in [3.05, 3.63) is 58.5 Å². The number of nitrogens with zero attached hydrogens (tertiary/aromatic N) is 3. The van der Waals surface area contributed by atoms with E-state index in [9.17, 15) is 18.0 Å². The number of para-hydroxylation sites is 1. The van der Waals surface area contributed by atoms with Gasteiger partial charge in [0.2, 0.25) is 10.0 Å². The van der Waals surface area contributed by atoms with Crippen LogP contribution in [-0.4, -0.2) is 47.8 Å². The van der Waals surface area contributed by atoms with E-state index in [1.54, 1.807) is 51.4 Å². The Bertz CT molecular complexity index is 1240. The molecule has 0 N–H and O–H groups in total. The van der Waals surface area contributed by atoms with Gasteiger partial charge in [0.1, 0.15) is 5.75 Å². The summed E-state index contributed by atoms with van der Waals surface area (Å²) in [6.07, 6.45) is 0. The summed E-state index contributed by atoms with van der Waals surface area (Å²) >= 11 is 0. The Morgan fingerprint density at radius 1 is 1.07 bits per heavy atom. The van der Waals surface area contributed by atoms with Gasteiger partial charge < -0.3 is 4.74 Å². The smallest absolute Gasteiger partial charge is 0.328 e. The predicted molar refractivity (Wildman–Crippen MR) is 110 cm³/mol. The summed E-state index contributed by atoms with van der Waals surface area (Å²) in [6, 6.07) is 11.2. The molecule has 3 aromatic rings. The van der Waals surface area contributed by atoms with Gasteiger partial charge >= 0.3 is 5.69 Å². The van der Waals surface area contributed by atoms with Gasteiger partial charge in [0.25, 0.3) is 0 Å². The zero-order valence-electron chi connectivity index (χ0n) is 16.7. The van der Waals surface area contributed by atoms with E-state index in [1.807, 2.05) is 0 Å². The number of ketones is 1. The van der Waals surface area contributed by atoms with Crippen LogP contribution in [-0.2, 0) is 24.1 Å². The van der Waals surface area contributed by atoms with Crippen LogP contribution in [0.25, 0.3) is 11.0 Å². The van der Waals surface area contributed by atoms with Crippen molar-refractivity contribution < 1.29 is 17.9 Å². The fraction of sp³-hybridized carbons (Fsp3) is 0.300. The third kappa shape index (κ3) is 3.58. The van der Waals surface area contributed by atoms with E-state index in [-0.39, 0.29) is 29.5 Å². The molecule has 0 aliphatic rings. The number of carbonyl (C=O) groups excluding carboxylic acids is 1. The summed E-state index contributed by atoms with van der Waals surface area (Å²) in [4.78, 5) is 24.9. The van der Waals surface area contributed by atoms with Crippen LogP contribution < -0.4 is 10.4 Å². The first-order valence-electron chi connectivity index (χ1n) is 9.04. The van der Waals surface area contributed by atoms with Gasteiger partial charge in [0, 0.05) is 20.6 Å². The highest BCUT2D eigenvalue weighted by molar-refractivity contribution is 7.89. The van der Waals surface area contributed by atoms with Crippen molar-refractivity contribution in [1.29, 1.82) is 0 Å². The first kappa shape index (κ1) is 20.8. The van der Waals surface area contributed by atoms with Crippen molar-refractivity contribution in [2.75, 3.05) is 20.2 Å². The second kappa shape index (κ2) is 7.84. The molecule has 9 heteroatoms. The summed E-state index contributed by atoms with van der Waals surface area (Å²) in [5.41, 5.74) is 1.22. The monoisotopic (exact) mass is 417 g/mol. The van der Waals surface area contributed by atoms with Crippen LogP contribution in [0.2, 0.25) is 0 Å². The van der Waals surface area contributed by atoms with E-state index in [0.717, 1.165) is 4.31 Å². The zero-order valence-corrected chi connectivity index (χ0v) is 17.6. The average molecular weight is 417 g/mol. The molecule has 0 aliphatic carbocycles. The van der Waals surface area contributed by atoms with Gasteiger partial charge in [-0.3, -0.25) is 13.9 Å². The minimum absolute atomic E-state index is 0.0286. The number of aryl methyl sites for hydroxylation is 2. The number of likely N-dealkylation sites (N-methyl/N-ethyl adjacent to an activating group) is 1. The second-order valence-electron chi connectivity index (χ2n) is 6.61. The maximum Gasteiger partial charge on any atom is 0.328 e. The second-order valence-corrected chi connectivity index (χ2v) is 8.54. The van der Waals surface area contributed by atoms with Gasteiger partial charge in [-0.15, -0.1) is 0 Å². The number of sulfonamides is 1. The lowest BCUT2D eigenvalue weighted by molar-refractivity contribution is 0.0964. The van der Waals surface area contributed by atoms with Crippen molar-refractivity contribution in [3.63, 3.8) is 0 Å². The van der Waals surface area contributed by atoms with Crippen LogP contribution in [0.1, 0.15) is 17.3 Å². The van der Waals surface area contributed by atoms with Gasteiger partial charge in [-0.05, 0) is 30.3 Å². The van der Waals surface area contributed by atoms with Crippen LogP contribution in [0.3, 0.4) is 0 Å². The molecule has 8 nitrogen and oxygen atoms in total. The van der Waals surface area contributed by atoms with E-state index in [4.69, 9.17) is 4.74 Å². The zero-order chi connectivity index (χ0) is 21.3. The maximum absolute atomic E-state index is 13.2. The Morgan fingerprint density at radius 3 is 2.38 bits per heavy atom. The van der Waals surface area contributed by atoms with Crippen molar-refractivity contribution in [1.82, 2.24) is 13.4 Å². The van der Waals surface area contributed by atoms with Crippen molar-refractivity contribution in [3.8, 4) is 5.75 Å². The van der Waals surface area contributed by atoms with Crippen molar-refractivity contribution in [2.24, 2.45) is 14.1 Å². The predicted octanol–water partition coefficient (Wildman–Crippen LogP) is 1.78. The number of ether oxygens (including phenoxy) is 1. The first-order valence-corrected chi connectivity index (χ1v) is 10.5. The lowest BCUT2D eigenvalue weighted by Gasteiger charge is -2.20. The largest absolute Gasteiger partial charge is 0.496 e. The summed E-state index contributed by atoms with van der Waals surface area (Å²) in [7, 11) is 0.735. The van der Waals surface area contributed by atoms with Crippen molar-refractivity contribution >= 4 is 26.8 Å². The number of hydrogen-bond acceptors (Lipinski definition) is 5. The molecule has 1 aromatic heterocycles. The third-order valence-corrected chi connectivity index (χ3v) is 6.88. The molecule has 2 aromatic carbocycles. The molecule has 0 spiro atoms. The lowest BCUT2D eigenvalue weighted by atomic mass is 10.1. The Kier molecular flexibility index (Phi) is 5.63. The lowest BCUT2D eigenvalue weighted by Crippen LogP contribution is -2.35. The Balaban J connectivity index is 1.98. The Hall–Kier alpha value is -2.91. The summed E-state index contributed by atoms with van der Waals surface area (Å²) in [5, 5.41) is 0. The molecule has 3 rings (SSSR count). The number of fused-ring (bicyclic) bond motifs is 1. The molecule has 0 amide bonds. The fourth-order valence-corrected chi connectivity index (χ4v) is 4.71. The van der Waals surface area contributed by atoms with E-state index < -0.39 is 10.0 Å². The van der Waals surface area contributed by atoms with E-state index in [0.29, 0.717) is 22.3 Å². The minimum atomic E-state index is -3.94. The number of aromatic nitrogens is 2. The van der Waals surface area contributed by atoms with Crippen LogP contribution in [0.15, 0.2) is 52.2 Å². The number of rotatable bonds is 7. The number of carbonyl (C=O) groups is 1. The van der Waals surface area contributed by atoms with E-state index in [1.165, 1.54) is 28.4 Å². The molecule has 0 radical (unpaired) electrons. The summed E-state index contributed by atoms with van der Waals surface area (Å²) < 4.78 is 35.5. The molecule has 0 saturated carbocycles.